The number of hydrogen-bond donors (Lipinski definition) is 3. The fraction of sp³-hybridized carbons (Fsp3) is 0.583. The zero-order valence-corrected chi connectivity index (χ0v) is 11.1. The number of carbonyl (C=O) groups is 1. The van der Waals surface area contributed by atoms with Gasteiger partial charge in [0.25, 0.3) is 5.91 Å². The fourth-order valence-corrected chi connectivity index (χ4v) is 1.36. The van der Waals surface area contributed by atoms with Crippen molar-refractivity contribution < 1.29 is 4.79 Å². The molecule has 0 radical (unpaired) electrons. The Bertz CT molecular complexity index is 379. The van der Waals surface area contributed by atoms with Gasteiger partial charge in [0.1, 0.15) is 5.82 Å². The van der Waals surface area contributed by atoms with Crippen molar-refractivity contribution in [3.63, 3.8) is 0 Å². The third-order valence-electron chi connectivity index (χ3n) is 2.84. The summed E-state index contributed by atoms with van der Waals surface area (Å²) in [4.78, 5) is 11.5. The van der Waals surface area contributed by atoms with Crippen LogP contribution in [0, 0.1) is 5.92 Å². The largest absolute Gasteiger partial charge is 0.366 e. The van der Waals surface area contributed by atoms with Crippen molar-refractivity contribution in [3.05, 3.63) is 17.8 Å². The van der Waals surface area contributed by atoms with Gasteiger partial charge in [-0.1, -0.05) is 6.92 Å². The van der Waals surface area contributed by atoms with Gasteiger partial charge in [0.2, 0.25) is 0 Å². The Morgan fingerprint density at radius 2 is 2.11 bits per heavy atom. The van der Waals surface area contributed by atoms with E-state index in [9.17, 15) is 4.79 Å². The van der Waals surface area contributed by atoms with Crippen LogP contribution in [0.15, 0.2) is 12.1 Å². The Kier molecular flexibility index (Phi) is 5.51. The van der Waals surface area contributed by atoms with Crippen LogP contribution in [0.4, 0.5) is 5.82 Å². The van der Waals surface area contributed by atoms with Crippen molar-refractivity contribution in [1.29, 1.82) is 0 Å². The van der Waals surface area contributed by atoms with E-state index in [1.807, 2.05) is 13.8 Å². The number of aromatic nitrogens is 2. The van der Waals surface area contributed by atoms with Gasteiger partial charge in [-0.2, -0.15) is 0 Å². The molecule has 0 aliphatic rings. The minimum atomic E-state index is -0.208. The first kappa shape index (κ1) is 14.4. The quantitative estimate of drug-likeness (QED) is 0.689. The Labute approximate surface area is 107 Å². The van der Waals surface area contributed by atoms with Crippen LogP contribution >= 0.6 is 0 Å². The highest BCUT2D eigenvalue weighted by atomic mass is 16.1. The number of nitrogens with zero attached hydrogens (tertiary/aromatic N) is 2. The number of anilines is 1. The first-order chi connectivity index (χ1) is 8.58. The van der Waals surface area contributed by atoms with E-state index in [0.717, 1.165) is 0 Å². The second-order valence-corrected chi connectivity index (χ2v) is 4.31. The maximum Gasteiger partial charge on any atom is 0.271 e. The molecule has 0 aromatic carbocycles. The molecule has 4 N–H and O–H groups in total. The Morgan fingerprint density at radius 1 is 1.39 bits per heavy atom. The molecule has 100 valence electrons. The van der Waals surface area contributed by atoms with E-state index >= 15 is 0 Å². The van der Waals surface area contributed by atoms with Gasteiger partial charge in [-0.3, -0.25) is 4.79 Å². The molecule has 2 unspecified atom stereocenters. The van der Waals surface area contributed by atoms with Crippen molar-refractivity contribution >= 4 is 11.7 Å². The zero-order chi connectivity index (χ0) is 13.5. The summed E-state index contributed by atoms with van der Waals surface area (Å²) in [5, 5.41) is 13.7. The van der Waals surface area contributed by atoms with E-state index in [4.69, 9.17) is 5.73 Å². The lowest BCUT2D eigenvalue weighted by molar-refractivity contribution is 0.0950. The smallest absolute Gasteiger partial charge is 0.271 e. The second-order valence-electron chi connectivity index (χ2n) is 4.31. The predicted molar refractivity (Wildman–Crippen MR) is 71.3 cm³/mol. The molecule has 0 saturated carbocycles. The number of amides is 1. The van der Waals surface area contributed by atoms with E-state index in [1.165, 1.54) is 0 Å². The summed E-state index contributed by atoms with van der Waals surface area (Å²) in [5.74, 6) is 0.783. The summed E-state index contributed by atoms with van der Waals surface area (Å²) in [6.07, 6.45) is 0. The molecule has 1 heterocycles. The van der Waals surface area contributed by atoms with Gasteiger partial charge in [0.05, 0.1) is 0 Å². The minimum Gasteiger partial charge on any atom is -0.366 e. The van der Waals surface area contributed by atoms with Crippen LogP contribution in [0.3, 0.4) is 0 Å². The van der Waals surface area contributed by atoms with Gasteiger partial charge in [0, 0.05) is 12.6 Å². The molecular formula is C12H21N5O. The van der Waals surface area contributed by atoms with E-state index in [2.05, 4.69) is 27.8 Å². The fourth-order valence-electron chi connectivity index (χ4n) is 1.36. The van der Waals surface area contributed by atoms with Gasteiger partial charge >= 0.3 is 0 Å². The molecule has 6 nitrogen and oxygen atoms in total. The average Bonchev–Trinajstić information content (AvgIpc) is 2.38. The van der Waals surface area contributed by atoms with Crippen LogP contribution in [0.2, 0.25) is 0 Å². The SMILES string of the molecule is CCNC(=O)c1ccc(NC(C)C(C)CN)nn1. The first-order valence-corrected chi connectivity index (χ1v) is 6.17. The number of nitrogens with two attached hydrogens (primary N) is 1. The van der Waals surface area contributed by atoms with Crippen molar-refractivity contribution in [2.75, 3.05) is 18.4 Å². The standard InChI is InChI=1S/C12H21N5O/c1-4-14-12(18)10-5-6-11(17-16-10)15-9(3)8(2)7-13/h5-6,8-9H,4,7,13H2,1-3H3,(H,14,18)(H,15,17). The molecule has 18 heavy (non-hydrogen) atoms. The lowest BCUT2D eigenvalue weighted by Gasteiger charge is -2.19. The van der Waals surface area contributed by atoms with Gasteiger partial charge in [-0.15, -0.1) is 10.2 Å². The maximum atomic E-state index is 11.5. The highest BCUT2D eigenvalue weighted by Gasteiger charge is 2.12. The zero-order valence-electron chi connectivity index (χ0n) is 11.1. The van der Waals surface area contributed by atoms with Crippen molar-refractivity contribution in [2.45, 2.75) is 26.8 Å². The molecule has 0 aliphatic carbocycles. The average molecular weight is 251 g/mol. The highest BCUT2D eigenvalue weighted by Crippen LogP contribution is 2.09. The molecule has 1 rings (SSSR count). The normalized spacial score (nSPS) is 13.8. The van der Waals surface area contributed by atoms with Crippen LogP contribution in [-0.2, 0) is 0 Å². The Balaban J connectivity index is 2.63. The van der Waals surface area contributed by atoms with E-state index in [-0.39, 0.29) is 11.9 Å². The second kappa shape index (κ2) is 6.90. The minimum absolute atomic E-state index is 0.208. The molecule has 1 amide bonds. The molecule has 0 aliphatic heterocycles. The molecule has 6 heteroatoms. The molecule has 1 aromatic heterocycles. The molecule has 2 atom stereocenters. The van der Waals surface area contributed by atoms with Gasteiger partial charge < -0.3 is 16.4 Å². The summed E-state index contributed by atoms with van der Waals surface area (Å²) in [5.41, 5.74) is 5.92. The maximum absolute atomic E-state index is 11.5. The van der Waals surface area contributed by atoms with E-state index < -0.39 is 0 Å². The van der Waals surface area contributed by atoms with Crippen molar-refractivity contribution in [1.82, 2.24) is 15.5 Å². The Morgan fingerprint density at radius 3 is 2.61 bits per heavy atom. The van der Waals surface area contributed by atoms with Crippen LogP contribution < -0.4 is 16.4 Å². The van der Waals surface area contributed by atoms with Crippen LogP contribution in [-0.4, -0.2) is 35.2 Å². The summed E-state index contributed by atoms with van der Waals surface area (Å²) in [6.45, 7) is 7.15. The summed E-state index contributed by atoms with van der Waals surface area (Å²) < 4.78 is 0. The lowest BCUT2D eigenvalue weighted by Crippen LogP contribution is -2.30. The molecule has 0 saturated heterocycles. The highest BCUT2D eigenvalue weighted by molar-refractivity contribution is 5.92. The van der Waals surface area contributed by atoms with Gasteiger partial charge in [-0.05, 0) is 38.4 Å². The topological polar surface area (TPSA) is 92.9 Å². The number of carbonyl (C=O) groups excluding carboxylic acids is 1. The predicted octanol–water partition coefficient (Wildman–Crippen LogP) is 0.622. The lowest BCUT2D eigenvalue weighted by atomic mass is 10.0. The third-order valence-corrected chi connectivity index (χ3v) is 2.84. The molecule has 0 spiro atoms. The molecule has 1 aromatic rings. The van der Waals surface area contributed by atoms with E-state index in [0.29, 0.717) is 30.5 Å². The van der Waals surface area contributed by atoms with Gasteiger partial charge in [0.15, 0.2) is 5.69 Å². The molecule has 0 bridgehead atoms. The summed E-state index contributed by atoms with van der Waals surface area (Å²) in [6, 6.07) is 3.61. The number of hydrogen-bond acceptors (Lipinski definition) is 5. The summed E-state index contributed by atoms with van der Waals surface area (Å²) in [7, 11) is 0. The van der Waals surface area contributed by atoms with E-state index in [1.54, 1.807) is 12.1 Å². The molecular weight excluding hydrogens is 230 g/mol. The number of nitrogens with one attached hydrogen (secondary N) is 2. The van der Waals surface area contributed by atoms with Crippen molar-refractivity contribution in [2.24, 2.45) is 11.7 Å². The monoisotopic (exact) mass is 251 g/mol. The van der Waals surface area contributed by atoms with Gasteiger partial charge in [-0.25, -0.2) is 0 Å². The first-order valence-electron chi connectivity index (χ1n) is 6.17. The summed E-state index contributed by atoms with van der Waals surface area (Å²) >= 11 is 0. The van der Waals surface area contributed by atoms with Crippen LogP contribution in [0.5, 0.6) is 0 Å². The van der Waals surface area contributed by atoms with Crippen LogP contribution in [0.1, 0.15) is 31.3 Å². The van der Waals surface area contributed by atoms with Crippen LogP contribution in [0.25, 0.3) is 0 Å². The van der Waals surface area contributed by atoms with Crippen molar-refractivity contribution in [3.8, 4) is 0 Å². The number of rotatable bonds is 6. The third kappa shape index (κ3) is 3.96. The Hall–Kier alpha value is -1.69. The molecule has 0 fully saturated rings.